The van der Waals surface area contributed by atoms with Gasteiger partial charge in [-0.3, -0.25) is 9.00 Å². The van der Waals surface area contributed by atoms with E-state index in [4.69, 9.17) is 0 Å². The number of hydrogen-bond donors (Lipinski definition) is 1. The third kappa shape index (κ3) is 3.68. The van der Waals surface area contributed by atoms with Crippen molar-refractivity contribution in [2.45, 2.75) is 12.2 Å². The summed E-state index contributed by atoms with van der Waals surface area (Å²) in [5, 5.41) is 2.63. The molecule has 6 heteroatoms. The molecule has 1 amide bonds. The lowest BCUT2D eigenvalue weighted by atomic mass is 10.3. The van der Waals surface area contributed by atoms with Gasteiger partial charge in [-0.25, -0.2) is 4.98 Å². The molecule has 0 unspecified atom stereocenters. The molecular weight excluding hydrogens is 292 g/mol. The quantitative estimate of drug-likeness (QED) is 0.913. The molecule has 0 bridgehead atoms. The number of carbonyl (C=O) groups excluding carboxylic acids is 1. The number of nitrogens with one attached hydrogen (secondary N) is 1. The molecule has 0 saturated heterocycles. The van der Waals surface area contributed by atoms with Crippen molar-refractivity contribution in [1.82, 2.24) is 10.3 Å². The molecule has 0 aliphatic heterocycles. The minimum atomic E-state index is -0.935. The minimum absolute atomic E-state index is 0.0635. The van der Waals surface area contributed by atoms with Crippen LogP contribution in [0, 0.1) is 0 Å². The van der Waals surface area contributed by atoms with Crippen LogP contribution in [0.15, 0.2) is 22.8 Å². The molecule has 0 saturated carbocycles. The molecule has 0 fully saturated rings. The molecule has 1 aromatic rings. The second-order valence-electron chi connectivity index (χ2n) is 3.35. The van der Waals surface area contributed by atoms with E-state index in [2.05, 4.69) is 26.2 Å². The Labute approximate surface area is 105 Å². The van der Waals surface area contributed by atoms with Crippen LogP contribution in [-0.2, 0) is 10.8 Å². The number of pyridine rings is 1. The van der Waals surface area contributed by atoms with E-state index in [-0.39, 0.29) is 11.2 Å². The molecule has 0 radical (unpaired) electrons. The normalized spacial score (nSPS) is 14.2. The van der Waals surface area contributed by atoms with E-state index in [0.29, 0.717) is 16.7 Å². The van der Waals surface area contributed by atoms with Gasteiger partial charge in [0.05, 0.1) is 0 Å². The first-order valence-corrected chi connectivity index (χ1v) is 7.14. The zero-order chi connectivity index (χ0) is 12.1. The molecule has 88 valence electrons. The molecule has 2 atom stereocenters. The van der Waals surface area contributed by atoms with Gasteiger partial charge in [0.25, 0.3) is 5.91 Å². The largest absolute Gasteiger partial charge is 0.349 e. The molecule has 0 aliphatic rings. The molecule has 0 aliphatic carbocycles. The maximum atomic E-state index is 11.7. The third-order valence-corrected chi connectivity index (χ3v) is 4.03. The summed E-state index contributed by atoms with van der Waals surface area (Å²) in [5.74, 6) is -0.259. The molecule has 1 heterocycles. The van der Waals surface area contributed by atoms with Gasteiger partial charge in [-0.1, -0.05) is 0 Å². The number of carbonyl (C=O) groups is 1. The zero-order valence-electron chi connectivity index (χ0n) is 9.07. The molecule has 0 spiro atoms. The summed E-state index contributed by atoms with van der Waals surface area (Å²) >= 11 is 3.25. The third-order valence-electron chi connectivity index (χ3n) is 2.09. The van der Waals surface area contributed by atoms with Crippen LogP contribution < -0.4 is 5.32 Å². The van der Waals surface area contributed by atoms with Crippen LogP contribution in [0.3, 0.4) is 0 Å². The van der Waals surface area contributed by atoms with Crippen LogP contribution in [0.5, 0.6) is 0 Å². The Hall–Kier alpha value is -0.750. The number of nitrogens with zero attached hydrogens (tertiary/aromatic N) is 1. The highest BCUT2D eigenvalue weighted by Gasteiger charge is 2.13. The van der Waals surface area contributed by atoms with Gasteiger partial charge < -0.3 is 5.32 Å². The fraction of sp³-hybridized carbons (Fsp3) is 0.400. The molecule has 1 rings (SSSR count). The Morgan fingerprint density at radius 2 is 2.38 bits per heavy atom. The topological polar surface area (TPSA) is 59.1 Å². The van der Waals surface area contributed by atoms with Crippen LogP contribution in [0.25, 0.3) is 0 Å². The van der Waals surface area contributed by atoms with Crippen LogP contribution in [0.1, 0.15) is 17.4 Å². The summed E-state index contributed by atoms with van der Waals surface area (Å²) in [7, 11) is -0.935. The Morgan fingerprint density at radius 3 is 2.94 bits per heavy atom. The van der Waals surface area contributed by atoms with Gasteiger partial charge >= 0.3 is 0 Å². The Morgan fingerprint density at radius 1 is 1.69 bits per heavy atom. The number of hydrogen-bond acceptors (Lipinski definition) is 3. The summed E-state index contributed by atoms with van der Waals surface area (Å²) in [6, 6.07) is 3.49. The van der Waals surface area contributed by atoms with Crippen LogP contribution in [0.4, 0.5) is 0 Å². The van der Waals surface area contributed by atoms with Gasteiger partial charge in [0.15, 0.2) is 0 Å². The zero-order valence-corrected chi connectivity index (χ0v) is 11.5. The van der Waals surface area contributed by atoms with E-state index in [1.807, 2.05) is 6.92 Å². The fourth-order valence-corrected chi connectivity index (χ4v) is 1.74. The highest BCUT2D eigenvalue weighted by Crippen LogP contribution is 2.12. The van der Waals surface area contributed by atoms with Gasteiger partial charge in [-0.05, 0) is 35.0 Å². The summed E-state index contributed by atoms with van der Waals surface area (Å²) in [4.78, 5) is 15.7. The van der Waals surface area contributed by atoms with Gasteiger partial charge in [-0.15, -0.1) is 0 Å². The standard InChI is InChI=1S/C10H13BrN2O2S/c1-7(16(2)15)6-13-10(14)9-8(11)4-3-5-12-9/h3-5,7H,6H2,1-2H3,(H,13,14)/t7-,16+/m1/s1. The smallest absolute Gasteiger partial charge is 0.271 e. The lowest BCUT2D eigenvalue weighted by Crippen LogP contribution is -2.33. The van der Waals surface area contributed by atoms with Crippen molar-refractivity contribution >= 4 is 32.6 Å². The molecular formula is C10H13BrN2O2S. The average molecular weight is 305 g/mol. The lowest BCUT2D eigenvalue weighted by molar-refractivity contribution is 0.0948. The van der Waals surface area contributed by atoms with E-state index >= 15 is 0 Å². The van der Waals surface area contributed by atoms with Crippen LogP contribution in [-0.4, -0.2) is 33.2 Å². The Balaban J connectivity index is 2.60. The first-order valence-electron chi connectivity index (χ1n) is 4.73. The maximum Gasteiger partial charge on any atom is 0.271 e. The van der Waals surface area contributed by atoms with Crippen molar-refractivity contribution in [3.8, 4) is 0 Å². The minimum Gasteiger partial charge on any atom is -0.349 e. The number of rotatable bonds is 4. The SMILES string of the molecule is C[C@H](CNC(=O)c1ncccc1Br)[S@](C)=O. The second-order valence-corrected chi connectivity index (χ2v) is 6.01. The first kappa shape index (κ1) is 13.3. The van der Waals surface area contributed by atoms with Gasteiger partial charge in [0.2, 0.25) is 0 Å². The van der Waals surface area contributed by atoms with Gasteiger partial charge in [0.1, 0.15) is 5.69 Å². The lowest BCUT2D eigenvalue weighted by Gasteiger charge is -2.10. The van der Waals surface area contributed by atoms with Crippen molar-refractivity contribution in [2.24, 2.45) is 0 Å². The van der Waals surface area contributed by atoms with Crippen molar-refractivity contribution in [3.63, 3.8) is 0 Å². The predicted octanol–water partition coefficient (Wildman–Crippen LogP) is 1.34. The van der Waals surface area contributed by atoms with Crippen LogP contribution >= 0.6 is 15.9 Å². The number of aromatic nitrogens is 1. The molecule has 16 heavy (non-hydrogen) atoms. The second kappa shape index (κ2) is 6.10. The number of amides is 1. The summed E-state index contributed by atoms with van der Waals surface area (Å²) < 4.78 is 11.7. The maximum absolute atomic E-state index is 11.7. The predicted molar refractivity (Wildman–Crippen MR) is 67.8 cm³/mol. The summed E-state index contributed by atoms with van der Waals surface area (Å²) in [6.45, 7) is 2.20. The Kier molecular flexibility index (Phi) is 5.08. The monoisotopic (exact) mass is 304 g/mol. The first-order chi connectivity index (χ1) is 7.52. The average Bonchev–Trinajstić information content (AvgIpc) is 2.25. The molecule has 1 aromatic heterocycles. The Bertz CT molecular complexity index is 412. The number of halogens is 1. The van der Waals surface area contributed by atoms with E-state index in [9.17, 15) is 9.00 Å². The summed E-state index contributed by atoms with van der Waals surface area (Å²) in [5.41, 5.74) is 0.344. The fourth-order valence-electron chi connectivity index (χ4n) is 0.990. The van der Waals surface area contributed by atoms with Crippen LogP contribution in [0.2, 0.25) is 0 Å². The van der Waals surface area contributed by atoms with E-state index in [1.165, 1.54) is 0 Å². The molecule has 0 aromatic carbocycles. The van der Waals surface area contributed by atoms with E-state index in [1.54, 1.807) is 24.6 Å². The van der Waals surface area contributed by atoms with Crippen molar-refractivity contribution in [1.29, 1.82) is 0 Å². The van der Waals surface area contributed by atoms with Crippen molar-refractivity contribution in [3.05, 3.63) is 28.5 Å². The van der Waals surface area contributed by atoms with Gasteiger partial charge in [0, 0.05) is 39.5 Å². The van der Waals surface area contributed by atoms with E-state index in [0.717, 1.165) is 0 Å². The van der Waals surface area contributed by atoms with Crippen molar-refractivity contribution < 1.29 is 9.00 Å². The molecule has 1 N–H and O–H groups in total. The van der Waals surface area contributed by atoms with Gasteiger partial charge in [-0.2, -0.15) is 0 Å². The highest BCUT2D eigenvalue weighted by molar-refractivity contribution is 9.10. The molecule has 4 nitrogen and oxygen atoms in total. The van der Waals surface area contributed by atoms with E-state index < -0.39 is 10.8 Å². The summed E-state index contributed by atoms with van der Waals surface area (Å²) in [6.07, 6.45) is 3.18. The van der Waals surface area contributed by atoms with Crippen molar-refractivity contribution in [2.75, 3.05) is 12.8 Å². The highest BCUT2D eigenvalue weighted by atomic mass is 79.9.